The summed E-state index contributed by atoms with van der Waals surface area (Å²) in [6.45, 7) is 3.83. The minimum Gasteiger partial charge on any atom is -0.325 e. The number of aryl methyl sites for hydroxylation is 1. The van der Waals surface area contributed by atoms with Gasteiger partial charge in [0, 0.05) is 24.7 Å². The highest BCUT2D eigenvalue weighted by Gasteiger charge is 2.19. The molecule has 0 aromatic heterocycles. The first-order valence-corrected chi connectivity index (χ1v) is 10.1. The lowest BCUT2D eigenvalue weighted by Gasteiger charge is -2.14. The van der Waals surface area contributed by atoms with Gasteiger partial charge >= 0.3 is 0 Å². The van der Waals surface area contributed by atoms with Crippen LogP contribution in [-0.4, -0.2) is 38.0 Å². The third-order valence-corrected chi connectivity index (χ3v) is 6.46. The van der Waals surface area contributed by atoms with Crippen LogP contribution < -0.4 is 5.32 Å². The molecule has 0 radical (unpaired) electrons. The predicted octanol–water partition coefficient (Wildman–Crippen LogP) is 3.36. The van der Waals surface area contributed by atoms with Crippen LogP contribution >= 0.6 is 11.8 Å². The summed E-state index contributed by atoms with van der Waals surface area (Å²) in [5, 5.41) is 2.48. The summed E-state index contributed by atoms with van der Waals surface area (Å²) in [5.74, 6) is -0.175. The SMILES string of the molecule is Cc1cccc(SC(C)C(=O)Nc2cccc(S(=O)(=O)N(C)C)c2)c1. The van der Waals surface area contributed by atoms with E-state index in [0.717, 1.165) is 14.8 Å². The Kier molecular flexibility index (Phi) is 6.26. The summed E-state index contributed by atoms with van der Waals surface area (Å²) < 4.78 is 25.5. The number of rotatable bonds is 6. The topological polar surface area (TPSA) is 66.5 Å². The number of hydrogen-bond acceptors (Lipinski definition) is 4. The van der Waals surface area contributed by atoms with E-state index >= 15 is 0 Å². The largest absolute Gasteiger partial charge is 0.325 e. The number of carbonyl (C=O) groups is 1. The highest BCUT2D eigenvalue weighted by molar-refractivity contribution is 8.00. The number of hydrogen-bond donors (Lipinski definition) is 1. The fourth-order valence-electron chi connectivity index (χ4n) is 2.14. The molecule has 0 saturated carbocycles. The van der Waals surface area contributed by atoms with Crippen molar-refractivity contribution in [1.82, 2.24) is 4.31 Å². The first-order chi connectivity index (χ1) is 11.7. The van der Waals surface area contributed by atoms with E-state index in [1.54, 1.807) is 12.1 Å². The van der Waals surface area contributed by atoms with E-state index in [1.807, 2.05) is 38.1 Å². The van der Waals surface area contributed by atoms with Crippen LogP contribution in [0.2, 0.25) is 0 Å². The second-order valence-corrected chi connectivity index (χ2v) is 9.45. The monoisotopic (exact) mass is 378 g/mol. The highest BCUT2D eigenvalue weighted by atomic mass is 32.2. The fourth-order valence-corrected chi connectivity index (χ4v) is 4.07. The molecule has 7 heteroatoms. The summed E-state index contributed by atoms with van der Waals surface area (Å²) in [6.07, 6.45) is 0. The Labute approximate surface area is 153 Å². The Balaban J connectivity index is 2.10. The van der Waals surface area contributed by atoms with Gasteiger partial charge in [-0.2, -0.15) is 0 Å². The number of nitrogens with one attached hydrogen (secondary N) is 1. The second-order valence-electron chi connectivity index (χ2n) is 5.88. The number of amides is 1. The molecule has 5 nitrogen and oxygen atoms in total. The lowest BCUT2D eigenvalue weighted by molar-refractivity contribution is -0.115. The second kappa shape index (κ2) is 8.03. The molecule has 0 spiro atoms. The molecule has 1 amide bonds. The molecule has 2 aromatic rings. The normalized spacial score (nSPS) is 12.8. The quantitative estimate of drug-likeness (QED) is 0.783. The van der Waals surface area contributed by atoms with Crippen molar-refractivity contribution in [3.8, 4) is 0 Å². The Morgan fingerprint density at radius 3 is 2.44 bits per heavy atom. The minimum absolute atomic E-state index is 0.147. The number of thioether (sulfide) groups is 1. The molecule has 0 aliphatic heterocycles. The van der Waals surface area contributed by atoms with Crippen molar-refractivity contribution in [2.75, 3.05) is 19.4 Å². The van der Waals surface area contributed by atoms with E-state index in [4.69, 9.17) is 0 Å². The molecule has 1 N–H and O–H groups in total. The molecule has 2 rings (SSSR count). The van der Waals surface area contributed by atoms with Gasteiger partial charge in [0.05, 0.1) is 10.1 Å². The Morgan fingerprint density at radius 1 is 1.12 bits per heavy atom. The average molecular weight is 379 g/mol. The van der Waals surface area contributed by atoms with Crippen molar-refractivity contribution in [2.24, 2.45) is 0 Å². The van der Waals surface area contributed by atoms with Crippen LogP contribution in [-0.2, 0) is 14.8 Å². The first-order valence-electron chi connectivity index (χ1n) is 7.77. The van der Waals surface area contributed by atoms with Crippen LogP contribution in [0.15, 0.2) is 58.3 Å². The molecule has 1 unspecified atom stereocenters. The third kappa shape index (κ3) is 5.07. The maximum atomic E-state index is 12.4. The number of nitrogens with zero attached hydrogens (tertiary/aromatic N) is 1. The summed E-state index contributed by atoms with van der Waals surface area (Å²) in [5.41, 5.74) is 1.60. The van der Waals surface area contributed by atoms with E-state index < -0.39 is 10.0 Å². The lowest BCUT2D eigenvalue weighted by atomic mass is 10.2. The predicted molar refractivity (Wildman–Crippen MR) is 102 cm³/mol. The minimum atomic E-state index is -3.53. The summed E-state index contributed by atoms with van der Waals surface area (Å²) in [6, 6.07) is 14.2. The van der Waals surface area contributed by atoms with Gasteiger partial charge in [-0.3, -0.25) is 4.79 Å². The van der Waals surface area contributed by atoms with Crippen molar-refractivity contribution < 1.29 is 13.2 Å². The maximum Gasteiger partial charge on any atom is 0.242 e. The molecule has 0 aliphatic rings. The van der Waals surface area contributed by atoms with Gasteiger partial charge in [-0.1, -0.05) is 23.8 Å². The molecule has 1 atom stereocenters. The van der Waals surface area contributed by atoms with Gasteiger partial charge in [0.15, 0.2) is 0 Å². The zero-order valence-electron chi connectivity index (χ0n) is 14.7. The third-order valence-electron chi connectivity index (χ3n) is 3.55. The molecule has 0 aliphatic carbocycles. The van der Waals surface area contributed by atoms with E-state index in [1.165, 1.54) is 38.0 Å². The molecule has 25 heavy (non-hydrogen) atoms. The van der Waals surface area contributed by atoms with Gasteiger partial charge in [0.2, 0.25) is 15.9 Å². The van der Waals surface area contributed by atoms with Gasteiger partial charge in [0.1, 0.15) is 0 Å². The average Bonchev–Trinajstić information content (AvgIpc) is 2.54. The molecule has 2 aromatic carbocycles. The maximum absolute atomic E-state index is 12.4. The first kappa shape index (κ1) is 19.5. The smallest absolute Gasteiger partial charge is 0.242 e. The standard InChI is InChI=1S/C18H22N2O3S2/c1-13-7-5-9-16(11-13)24-14(2)18(21)19-15-8-6-10-17(12-15)25(22,23)20(3)4/h5-12,14H,1-4H3,(H,19,21). The summed E-state index contributed by atoms with van der Waals surface area (Å²) in [4.78, 5) is 13.6. The molecule has 134 valence electrons. The Morgan fingerprint density at radius 2 is 1.80 bits per heavy atom. The van der Waals surface area contributed by atoms with Crippen LogP contribution in [0.4, 0.5) is 5.69 Å². The highest BCUT2D eigenvalue weighted by Crippen LogP contribution is 2.25. The molecule has 0 saturated heterocycles. The number of carbonyl (C=O) groups excluding carboxylic acids is 1. The summed E-state index contributed by atoms with van der Waals surface area (Å²) in [7, 11) is -0.585. The van der Waals surface area contributed by atoms with E-state index in [9.17, 15) is 13.2 Å². The van der Waals surface area contributed by atoms with Crippen molar-refractivity contribution >= 4 is 33.4 Å². The van der Waals surface area contributed by atoms with Crippen LogP contribution in [0.1, 0.15) is 12.5 Å². The zero-order valence-corrected chi connectivity index (χ0v) is 16.3. The van der Waals surface area contributed by atoms with Crippen LogP contribution in [0.25, 0.3) is 0 Å². The van der Waals surface area contributed by atoms with E-state index in [-0.39, 0.29) is 16.1 Å². The molecule has 0 heterocycles. The zero-order chi connectivity index (χ0) is 18.6. The van der Waals surface area contributed by atoms with Crippen molar-refractivity contribution in [2.45, 2.75) is 28.9 Å². The van der Waals surface area contributed by atoms with Crippen LogP contribution in [0.5, 0.6) is 0 Å². The molecule has 0 fully saturated rings. The van der Waals surface area contributed by atoms with E-state index in [0.29, 0.717) is 5.69 Å². The summed E-state index contributed by atoms with van der Waals surface area (Å²) >= 11 is 1.46. The van der Waals surface area contributed by atoms with Crippen LogP contribution in [0.3, 0.4) is 0 Å². The van der Waals surface area contributed by atoms with Gasteiger partial charge < -0.3 is 5.32 Å². The van der Waals surface area contributed by atoms with Gasteiger partial charge in [-0.05, 0) is 44.2 Å². The lowest BCUT2D eigenvalue weighted by Crippen LogP contribution is -2.24. The van der Waals surface area contributed by atoms with Crippen molar-refractivity contribution in [3.63, 3.8) is 0 Å². The van der Waals surface area contributed by atoms with Crippen molar-refractivity contribution in [3.05, 3.63) is 54.1 Å². The fraction of sp³-hybridized carbons (Fsp3) is 0.278. The number of benzene rings is 2. The Bertz CT molecular complexity index is 864. The molecular formula is C18H22N2O3S2. The number of sulfonamides is 1. The van der Waals surface area contributed by atoms with E-state index in [2.05, 4.69) is 5.32 Å². The van der Waals surface area contributed by atoms with Gasteiger partial charge in [-0.25, -0.2) is 12.7 Å². The number of anilines is 1. The van der Waals surface area contributed by atoms with Crippen molar-refractivity contribution in [1.29, 1.82) is 0 Å². The molecule has 0 bridgehead atoms. The molecular weight excluding hydrogens is 356 g/mol. The van der Waals surface area contributed by atoms with Gasteiger partial charge in [-0.15, -0.1) is 11.8 Å². The van der Waals surface area contributed by atoms with Crippen LogP contribution in [0, 0.1) is 6.92 Å². The Hall–Kier alpha value is -1.83. The van der Waals surface area contributed by atoms with Gasteiger partial charge in [0.25, 0.3) is 0 Å².